The van der Waals surface area contributed by atoms with Gasteiger partial charge < -0.3 is 15.2 Å². The van der Waals surface area contributed by atoms with Crippen molar-refractivity contribution in [2.24, 2.45) is 5.73 Å². The summed E-state index contributed by atoms with van der Waals surface area (Å²) < 4.78 is 9.88. The van der Waals surface area contributed by atoms with Gasteiger partial charge in [0.05, 0.1) is 5.02 Å². The highest BCUT2D eigenvalue weighted by Crippen LogP contribution is 2.22. The molecule has 0 spiro atoms. The van der Waals surface area contributed by atoms with Crippen LogP contribution >= 0.6 is 11.6 Å². The fourth-order valence-corrected chi connectivity index (χ4v) is 1.20. The van der Waals surface area contributed by atoms with Gasteiger partial charge >= 0.3 is 0 Å². The molecule has 1 rings (SSSR count). The van der Waals surface area contributed by atoms with Gasteiger partial charge in [-0.25, -0.2) is 0 Å². The first-order chi connectivity index (χ1) is 6.65. The number of methoxy groups -OCH3 is 1. The molecular formula is C9H11ClN2O2. The lowest BCUT2D eigenvalue weighted by atomic mass is 10.2. The van der Waals surface area contributed by atoms with Crippen LogP contribution in [0.4, 0.5) is 0 Å². The van der Waals surface area contributed by atoms with E-state index in [1.54, 1.807) is 18.2 Å². The molecule has 0 aliphatic rings. The van der Waals surface area contributed by atoms with Gasteiger partial charge in [-0.05, 0) is 18.2 Å². The van der Waals surface area contributed by atoms with Gasteiger partial charge in [0.15, 0.2) is 6.79 Å². The summed E-state index contributed by atoms with van der Waals surface area (Å²) in [7, 11) is 1.53. The number of amidine groups is 1. The zero-order valence-corrected chi connectivity index (χ0v) is 8.47. The Bertz CT molecular complexity index is 342. The van der Waals surface area contributed by atoms with Crippen LogP contribution < -0.4 is 10.5 Å². The monoisotopic (exact) mass is 214 g/mol. The molecule has 0 unspecified atom stereocenters. The predicted molar refractivity (Wildman–Crippen MR) is 55.0 cm³/mol. The first-order valence-electron chi connectivity index (χ1n) is 3.91. The van der Waals surface area contributed by atoms with Gasteiger partial charge in [0, 0.05) is 12.7 Å². The van der Waals surface area contributed by atoms with E-state index in [4.69, 9.17) is 32.2 Å². The molecule has 76 valence electrons. The molecular weight excluding hydrogens is 204 g/mol. The van der Waals surface area contributed by atoms with Crippen LogP contribution in [0.2, 0.25) is 5.02 Å². The maximum absolute atomic E-state index is 7.21. The number of hydrogen-bond donors (Lipinski definition) is 2. The third kappa shape index (κ3) is 2.61. The molecule has 0 heterocycles. The van der Waals surface area contributed by atoms with E-state index in [0.29, 0.717) is 16.3 Å². The van der Waals surface area contributed by atoms with E-state index >= 15 is 0 Å². The number of hydrogen-bond acceptors (Lipinski definition) is 3. The zero-order valence-electron chi connectivity index (χ0n) is 7.71. The van der Waals surface area contributed by atoms with E-state index < -0.39 is 0 Å². The SMILES string of the molecule is COCOc1ccc(C(=N)N)c(Cl)c1. The fraction of sp³-hybridized carbons (Fsp3) is 0.222. The van der Waals surface area contributed by atoms with E-state index in [0.717, 1.165) is 0 Å². The van der Waals surface area contributed by atoms with E-state index in [2.05, 4.69) is 0 Å². The summed E-state index contributed by atoms with van der Waals surface area (Å²) in [5.41, 5.74) is 5.79. The molecule has 0 amide bonds. The molecule has 4 nitrogen and oxygen atoms in total. The lowest BCUT2D eigenvalue weighted by Crippen LogP contribution is -2.11. The number of halogens is 1. The van der Waals surface area contributed by atoms with Gasteiger partial charge in [-0.3, -0.25) is 5.41 Å². The van der Waals surface area contributed by atoms with Crippen LogP contribution in [0.15, 0.2) is 18.2 Å². The third-order valence-electron chi connectivity index (χ3n) is 1.57. The minimum absolute atomic E-state index is 0.0618. The van der Waals surface area contributed by atoms with Crippen molar-refractivity contribution in [3.8, 4) is 5.75 Å². The van der Waals surface area contributed by atoms with Crippen LogP contribution in [0.5, 0.6) is 5.75 Å². The van der Waals surface area contributed by atoms with Crippen molar-refractivity contribution in [2.45, 2.75) is 0 Å². The Kier molecular flexibility index (Phi) is 3.73. The number of benzene rings is 1. The average Bonchev–Trinajstić information content (AvgIpc) is 2.14. The highest BCUT2D eigenvalue weighted by Gasteiger charge is 2.04. The lowest BCUT2D eigenvalue weighted by Gasteiger charge is -2.07. The molecule has 0 atom stereocenters. The second kappa shape index (κ2) is 4.83. The maximum Gasteiger partial charge on any atom is 0.188 e. The molecule has 0 saturated carbocycles. The molecule has 1 aromatic rings. The minimum atomic E-state index is -0.0618. The van der Waals surface area contributed by atoms with Crippen LogP contribution in [0.1, 0.15) is 5.56 Å². The van der Waals surface area contributed by atoms with E-state index in [1.807, 2.05) is 0 Å². The molecule has 0 fully saturated rings. The Balaban J connectivity index is 2.83. The molecule has 3 N–H and O–H groups in total. The summed E-state index contributed by atoms with van der Waals surface area (Å²) >= 11 is 5.86. The second-order valence-corrected chi connectivity index (χ2v) is 3.01. The van der Waals surface area contributed by atoms with Crippen LogP contribution in [0, 0.1) is 5.41 Å². The summed E-state index contributed by atoms with van der Waals surface area (Å²) in [6.45, 7) is 0.162. The van der Waals surface area contributed by atoms with Crippen molar-refractivity contribution in [3.05, 3.63) is 28.8 Å². The van der Waals surface area contributed by atoms with E-state index in [1.165, 1.54) is 7.11 Å². The number of nitrogens with one attached hydrogen (secondary N) is 1. The fourth-order valence-electron chi connectivity index (χ4n) is 0.931. The Morgan fingerprint density at radius 3 is 2.79 bits per heavy atom. The van der Waals surface area contributed by atoms with Gasteiger partial charge in [0.25, 0.3) is 0 Å². The zero-order chi connectivity index (χ0) is 10.6. The summed E-state index contributed by atoms with van der Waals surface area (Å²) in [4.78, 5) is 0. The van der Waals surface area contributed by atoms with Crippen molar-refractivity contribution < 1.29 is 9.47 Å². The van der Waals surface area contributed by atoms with Gasteiger partial charge in [-0.2, -0.15) is 0 Å². The van der Waals surface area contributed by atoms with Gasteiger partial charge in [-0.1, -0.05) is 11.6 Å². The smallest absolute Gasteiger partial charge is 0.188 e. The summed E-state index contributed by atoms with van der Waals surface area (Å²) in [6, 6.07) is 4.91. The number of ether oxygens (including phenoxy) is 2. The topological polar surface area (TPSA) is 68.3 Å². The second-order valence-electron chi connectivity index (χ2n) is 2.61. The largest absolute Gasteiger partial charge is 0.468 e. The maximum atomic E-state index is 7.21. The molecule has 5 heteroatoms. The quantitative estimate of drug-likeness (QED) is 0.455. The van der Waals surface area contributed by atoms with Crippen LogP contribution in [0.25, 0.3) is 0 Å². The number of nitrogens with two attached hydrogens (primary N) is 1. The first kappa shape index (κ1) is 10.8. The summed E-state index contributed by atoms with van der Waals surface area (Å²) in [5, 5.41) is 7.61. The minimum Gasteiger partial charge on any atom is -0.468 e. The Morgan fingerprint density at radius 1 is 1.57 bits per heavy atom. The molecule has 14 heavy (non-hydrogen) atoms. The van der Waals surface area contributed by atoms with E-state index in [-0.39, 0.29) is 12.6 Å². The predicted octanol–water partition coefficient (Wildman–Crippen LogP) is 1.61. The van der Waals surface area contributed by atoms with Crippen molar-refractivity contribution in [1.29, 1.82) is 5.41 Å². The molecule has 0 aliphatic carbocycles. The molecule has 0 aliphatic heterocycles. The summed E-state index contributed by atoms with van der Waals surface area (Å²) in [5.74, 6) is 0.523. The lowest BCUT2D eigenvalue weighted by molar-refractivity contribution is 0.0511. The van der Waals surface area contributed by atoms with E-state index in [9.17, 15) is 0 Å². The van der Waals surface area contributed by atoms with Gasteiger partial charge in [0.2, 0.25) is 0 Å². The van der Waals surface area contributed by atoms with Crippen LogP contribution in [-0.2, 0) is 4.74 Å². The third-order valence-corrected chi connectivity index (χ3v) is 1.89. The summed E-state index contributed by atoms with van der Waals surface area (Å²) in [6.07, 6.45) is 0. The standard InChI is InChI=1S/C9H11ClN2O2/c1-13-5-14-6-2-3-7(9(11)12)8(10)4-6/h2-4H,5H2,1H3,(H3,11,12). The first-order valence-corrected chi connectivity index (χ1v) is 4.28. The van der Waals surface area contributed by atoms with Crippen molar-refractivity contribution in [3.63, 3.8) is 0 Å². The van der Waals surface area contributed by atoms with Crippen molar-refractivity contribution in [2.75, 3.05) is 13.9 Å². The normalized spacial score (nSPS) is 9.86. The Hall–Kier alpha value is -1.26. The van der Waals surface area contributed by atoms with Crippen molar-refractivity contribution in [1.82, 2.24) is 0 Å². The van der Waals surface area contributed by atoms with Gasteiger partial charge in [0.1, 0.15) is 11.6 Å². The molecule has 0 radical (unpaired) electrons. The van der Waals surface area contributed by atoms with Crippen LogP contribution in [0.3, 0.4) is 0 Å². The molecule has 0 bridgehead atoms. The van der Waals surface area contributed by atoms with Crippen molar-refractivity contribution >= 4 is 17.4 Å². The Morgan fingerprint density at radius 2 is 2.29 bits per heavy atom. The average molecular weight is 215 g/mol. The van der Waals surface area contributed by atoms with Crippen LogP contribution in [-0.4, -0.2) is 19.7 Å². The van der Waals surface area contributed by atoms with Gasteiger partial charge in [-0.15, -0.1) is 0 Å². The number of nitrogen functional groups attached to an aromatic ring is 1. The highest BCUT2D eigenvalue weighted by atomic mass is 35.5. The molecule has 0 saturated heterocycles. The molecule has 0 aromatic heterocycles. The Labute approximate surface area is 87.1 Å². The number of rotatable bonds is 4. The highest BCUT2D eigenvalue weighted by molar-refractivity contribution is 6.34. The molecule has 1 aromatic carbocycles.